The van der Waals surface area contributed by atoms with Crippen molar-refractivity contribution in [2.24, 2.45) is 10.7 Å². The van der Waals surface area contributed by atoms with Crippen molar-refractivity contribution in [2.75, 3.05) is 26.3 Å². The lowest BCUT2D eigenvalue weighted by Crippen LogP contribution is -2.46. The molecule has 2 aromatic carbocycles. The Morgan fingerprint density at radius 2 is 1.82 bits per heavy atom. The molecular formula is C27H28Cl2F3N5O3. The number of nitrogens with two attached hydrogens (primary N) is 1. The van der Waals surface area contributed by atoms with Gasteiger partial charge < -0.3 is 20.5 Å². The second kappa shape index (κ2) is 12.6. The fourth-order valence-corrected chi connectivity index (χ4v) is 4.79. The van der Waals surface area contributed by atoms with Gasteiger partial charge in [-0.3, -0.25) is 15.3 Å². The Kier molecular flexibility index (Phi) is 9.40. The van der Waals surface area contributed by atoms with Gasteiger partial charge in [-0.05, 0) is 54.5 Å². The second-order valence-corrected chi connectivity index (χ2v) is 10.2. The van der Waals surface area contributed by atoms with Gasteiger partial charge in [-0.15, -0.1) is 0 Å². The van der Waals surface area contributed by atoms with Gasteiger partial charge in [-0.1, -0.05) is 29.3 Å². The smallest absolute Gasteiger partial charge is 0.390 e. The average Bonchev–Trinajstić information content (AvgIpc) is 3.36. The first-order chi connectivity index (χ1) is 18.9. The predicted molar refractivity (Wildman–Crippen MR) is 147 cm³/mol. The van der Waals surface area contributed by atoms with Gasteiger partial charge in [0.15, 0.2) is 5.79 Å². The van der Waals surface area contributed by atoms with Gasteiger partial charge in [-0.2, -0.15) is 13.2 Å². The number of ether oxygens (including phenoxy) is 2. The van der Waals surface area contributed by atoms with E-state index in [1.165, 1.54) is 24.3 Å². The standard InChI is InChI=1S/C27H28Cl2F3N5O3/c28-18-6-4-17(5-7-18)24(34)37(11-10-27(30,31)32)25(38)35-16-22(33)21-15-26(39-12-13-40-26)9-8-23(21)36-20-3-1-2-19(29)14-20/h1-7,14,34H,8-13,15-16,33H2,(H,35,38)/b22-21-,34-24?,36-23?. The van der Waals surface area contributed by atoms with E-state index in [0.29, 0.717) is 53.1 Å². The molecule has 214 valence electrons. The molecule has 1 heterocycles. The van der Waals surface area contributed by atoms with E-state index < -0.39 is 36.8 Å². The molecule has 1 aliphatic carbocycles. The number of alkyl halides is 3. The van der Waals surface area contributed by atoms with E-state index in [2.05, 4.69) is 5.32 Å². The van der Waals surface area contributed by atoms with E-state index in [9.17, 15) is 18.0 Å². The molecule has 0 bridgehead atoms. The quantitative estimate of drug-likeness (QED) is 0.272. The average molecular weight is 598 g/mol. The fraction of sp³-hybridized carbons (Fsp3) is 0.370. The van der Waals surface area contributed by atoms with E-state index in [1.54, 1.807) is 24.3 Å². The van der Waals surface area contributed by atoms with E-state index in [4.69, 9.17) is 48.8 Å². The Morgan fingerprint density at radius 3 is 2.48 bits per heavy atom. The number of urea groups is 1. The number of rotatable bonds is 6. The molecule has 4 N–H and O–H groups in total. The number of benzene rings is 2. The van der Waals surface area contributed by atoms with Crippen LogP contribution in [0.25, 0.3) is 0 Å². The molecule has 1 saturated heterocycles. The van der Waals surface area contributed by atoms with E-state index in [0.717, 1.165) is 4.90 Å². The number of hydrogen-bond donors (Lipinski definition) is 3. The molecule has 2 aliphatic rings. The Bertz CT molecular complexity index is 1310. The summed E-state index contributed by atoms with van der Waals surface area (Å²) in [5.41, 5.74) is 8.83. The van der Waals surface area contributed by atoms with Crippen LogP contribution in [0.5, 0.6) is 0 Å². The highest BCUT2D eigenvalue weighted by molar-refractivity contribution is 6.31. The van der Waals surface area contributed by atoms with Crippen LogP contribution in [0, 0.1) is 5.41 Å². The third-order valence-corrected chi connectivity index (χ3v) is 6.98. The number of amidine groups is 1. The van der Waals surface area contributed by atoms with Crippen molar-refractivity contribution < 1.29 is 27.4 Å². The molecule has 0 aromatic heterocycles. The SMILES string of the molecule is N=C(c1ccc(Cl)cc1)N(CCC(F)(F)F)C(=O)NC/C(N)=C1\CC2(CCC1=Nc1cccc(Cl)c1)OCCO2. The molecule has 13 heteroatoms. The highest BCUT2D eigenvalue weighted by Gasteiger charge is 2.42. The lowest BCUT2D eigenvalue weighted by Gasteiger charge is -2.34. The van der Waals surface area contributed by atoms with Gasteiger partial charge >= 0.3 is 12.2 Å². The molecule has 8 nitrogen and oxygen atoms in total. The predicted octanol–water partition coefficient (Wildman–Crippen LogP) is 6.20. The highest BCUT2D eigenvalue weighted by Crippen LogP contribution is 2.39. The summed E-state index contributed by atoms with van der Waals surface area (Å²) in [4.78, 5) is 18.5. The number of hydrogen-bond acceptors (Lipinski definition) is 6. The zero-order chi connectivity index (χ0) is 28.9. The van der Waals surface area contributed by atoms with Crippen LogP contribution in [0.3, 0.4) is 0 Å². The van der Waals surface area contributed by atoms with Crippen LogP contribution >= 0.6 is 23.2 Å². The number of nitrogens with one attached hydrogen (secondary N) is 2. The van der Waals surface area contributed by atoms with Crippen molar-refractivity contribution in [1.82, 2.24) is 10.2 Å². The molecule has 4 rings (SSSR count). The summed E-state index contributed by atoms with van der Waals surface area (Å²) in [6.45, 7) is -0.0773. The van der Waals surface area contributed by atoms with E-state index in [1.807, 2.05) is 0 Å². The molecule has 0 atom stereocenters. The zero-order valence-corrected chi connectivity index (χ0v) is 22.9. The summed E-state index contributed by atoms with van der Waals surface area (Å²) in [5, 5.41) is 11.9. The second-order valence-electron chi connectivity index (χ2n) is 9.36. The summed E-state index contributed by atoms with van der Waals surface area (Å²) in [6, 6.07) is 12.0. The first kappa shape index (κ1) is 29.9. The van der Waals surface area contributed by atoms with Gasteiger partial charge in [0.25, 0.3) is 0 Å². The highest BCUT2D eigenvalue weighted by atomic mass is 35.5. The molecule has 1 aliphatic heterocycles. The zero-order valence-electron chi connectivity index (χ0n) is 21.4. The van der Waals surface area contributed by atoms with Crippen LogP contribution in [0.1, 0.15) is 31.2 Å². The van der Waals surface area contributed by atoms with Crippen LogP contribution in [0.2, 0.25) is 10.0 Å². The minimum atomic E-state index is -4.52. The topological polar surface area (TPSA) is 113 Å². The molecule has 0 unspecified atom stereocenters. The first-order valence-corrected chi connectivity index (χ1v) is 13.3. The van der Waals surface area contributed by atoms with Crippen molar-refractivity contribution in [1.29, 1.82) is 5.41 Å². The van der Waals surface area contributed by atoms with Crippen LogP contribution in [-0.4, -0.2) is 60.7 Å². The Labute approximate surface area is 239 Å². The maximum atomic E-state index is 13.1. The Balaban J connectivity index is 1.57. The van der Waals surface area contributed by atoms with Crippen molar-refractivity contribution in [3.8, 4) is 0 Å². The number of amides is 2. The number of carbonyl (C=O) groups excluding carboxylic acids is 1. The number of aliphatic imine (C=N–C) groups is 1. The molecule has 1 spiro atoms. The third-order valence-electron chi connectivity index (χ3n) is 6.49. The maximum Gasteiger partial charge on any atom is 0.390 e. The monoisotopic (exact) mass is 597 g/mol. The Morgan fingerprint density at radius 1 is 1.12 bits per heavy atom. The fourth-order valence-electron chi connectivity index (χ4n) is 4.48. The van der Waals surface area contributed by atoms with Crippen molar-refractivity contribution in [3.63, 3.8) is 0 Å². The normalized spacial score (nSPS) is 19.1. The minimum absolute atomic E-state index is 0.199. The molecule has 0 radical (unpaired) electrons. The lowest BCUT2D eigenvalue weighted by molar-refractivity contribution is -0.161. The van der Waals surface area contributed by atoms with Gasteiger partial charge in [0, 0.05) is 46.4 Å². The number of halogens is 5. The van der Waals surface area contributed by atoms with E-state index in [-0.39, 0.29) is 24.2 Å². The van der Waals surface area contributed by atoms with Crippen LogP contribution < -0.4 is 11.1 Å². The van der Waals surface area contributed by atoms with Gasteiger partial charge in [0.2, 0.25) is 0 Å². The van der Waals surface area contributed by atoms with Crippen LogP contribution in [-0.2, 0) is 9.47 Å². The maximum absolute atomic E-state index is 13.1. The Hall–Kier alpha value is -3.12. The number of nitrogens with zero attached hydrogens (tertiary/aromatic N) is 2. The molecular weight excluding hydrogens is 570 g/mol. The summed E-state index contributed by atoms with van der Waals surface area (Å²) in [5.74, 6) is -1.26. The summed E-state index contributed by atoms with van der Waals surface area (Å²) in [7, 11) is 0. The summed E-state index contributed by atoms with van der Waals surface area (Å²) < 4.78 is 50.8. The molecule has 40 heavy (non-hydrogen) atoms. The van der Waals surface area contributed by atoms with Gasteiger partial charge in [0.1, 0.15) is 5.84 Å². The van der Waals surface area contributed by atoms with Crippen LogP contribution in [0.4, 0.5) is 23.7 Å². The largest absolute Gasteiger partial charge is 0.400 e. The van der Waals surface area contributed by atoms with E-state index >= 15 is 0 Å². The summed E-state index contributed by atoms with van der Waals surface area (Å²) >= 11 is 12.0. The third kappa shape index (κ3) is 7.75. The molecule has 2 fully saturated rings. The van der Waals surface area contributed by atoms with Crippen molar-refractivity contribution >= 4 is 46.5 Å². The van der Waals surface area contributed by atoms with Gasteiger partial charge in [0.05, 0.1) is 31.9 Å². The van der Waals surface area contributed by atoms with Crippen LogP contribution in [0.15, 0.2) is 64.8 Å². The van der Waals surface area contributed by atoms with Crippen molar-refractivity contribution in [2.45, 2.75) is 37.6 Å². The van der Waals surface area contributed by atoms with Gasteiger partial charge in [-0.25, -0.2) is 4.79 Å². The molecule has 2 aromatic rings. The summed E-state index contributed by atoms with van der Waals surface area (Å²) in [6.07, 6.45) is -4.50. The minimum Gasteiger partial charge on any atom is -0.400 e. The molecule has 1 saturated carbocycles. The first-order valence-electron chi connectivity index (χ1n) is 12.5. The lowest BCUT2D eigenvalue weighted by atomic mass is 9.86. The molecule has 2 amide bonds. The van der Waals surface area contributed by atoms with Crippen molar-refractivity contribution in [3.05, 3.63) is 75.4 Å². The number of carbonyl (C=O) groups is 1.